The van der Waals surface area contributed by atoms with E-state index in [0.29, 0.717) is 30.9 Å². The standard InChI is InChI=1S/C29H38F3N3O5S/c1-27(2,3)23-17-35(15-19-8-7-13-38-19)25(41-23)33-24(36)21-14-18(29(30,31)32)9-10-22(21)39-20-11-12-34(16-20)26(37)40-28(4,5)6/h9-10,14,17,19-20H,7-8,11-13,15-16H2,1-6H3/t19-,20+/m1/s1. The van der Waals surface area contributed by atoms with Gasteiger partial charge < -0.3 is 23.7 Å². The van der Waals surface area contributed by atoms with Crippen molar-refractivity contribution in [2.45, 2.75) is 96.7 Å². The van der Waals surface area contributed by atoms with Crippen molar-refractivity contribution in [3.8, 4) is 5.75 Å². The number of aromatic nitrogens is 1. The number of amides is 2. The molecule has 2 aliphatic rings. The van der Waals surface area contributed by atoms with Crippen LogP contribution in [-0.4, -0.2) is 59.0 Å². The second-order valence-electron chi connectivity index (χ2n) is 12.5. The minimum absolute atomic E-state index is 0.0129. The lowest BCUT2D eigenvalue weighted by Crippen LogP contribution is -2.36. The summed E-state index contributed by atoms with van der Waals surface area (Å²) in [5.74, 6) is -0.849. The summed E-state index contributed by atoms with van der Waals surface area (Å²) in [5, 5.41) is 0. The zero-order valence-electron chi connectivity index (χ0n) is 24.3. The summed E-state index contributed by atoms with van der Waals surface area (Å²) >= 11 is 1.33. The lowest BCUT2D eigenvalue weighted by atomic mass is 9.95. The van der Waals surface area contributed by atoms with Gasteiger partial charge in [-0.3, -0.25) is 4.79 Å². The van der Waals surface area contributed by atoms with Crippen LogP contribution in [0.4, 0.5) is 18.0 Å². The van der Waals surface area contributed by atoms with Gasteiger partial charge >= 0.3 is 12.3 Å². The molecule has 2 aromatic rings. The monoisotopic (exact) mass is 597 g/mol. The lowest BCUT2D eigenvalue weighted by Gasteiger charge is -2.24. The highest BCUT2D eigenvalue weighted by Crippen LogP contribution is 2.34. The molecule has 2 amide bonds. The fourth-order valence-corrected chi connectivity index (χ4v) is 5.63. The second-order valence-corrected chi connectivity index (χ2v) is 13.5. The van der Waals surface area contributed by atoms with Crippen molar-refractivity contribution in [1.82, 2.24) is 9.47 Å². The highest BCUT2D eigenvalue weighted by molar-refractivity contribution is 7.09. The van der Waals surface area contributed by atoms with E-state index in [1.54, 1.807) is 20.8 Å². The predicted molar refractivity (Wildman–Crippen MR) is 148 cm³/mol. The topological polar surface area (TPSA) is 82.4 Å². The minimum atomic E-state index is -4.66. The van der Waals surface area contributed by atoms with Gasteiger partial charge in [0.05, 0.1) is 30.3 Å². The number of carbonyl (C=O) groups excluding carboxylic acids is 2. The average Bonchev–Trinajstić information content (AvgIpc) is 3.60. The quantitative estimate of drug-likeness (QED) is 0.412. The number of likely N-dealkylation sites (tertiary alicyclic amines) is 1. The molecule has 1 aromatic heterocycles. The number of thiazole rings is 1. The molecule has 0 N–H and O–H groups in total. The maximum absolute atomic E-state index is 13.6. The summed E-state index contributed by atoms with van der Waals surface area (Å²) in [7, 11) is 0. The van der Waals surface area contributed by atoms with Crippen molar-refractivity contribution in [1.29, 1.82) is 0 Å². The van der Waals surface area contributed by atoms with E-state index in [0.717, 1.165) is 35.9 Å². The SMILES string of the molecule is CC(C)(C)OC(=O)N1CC[C@H](Oc2ccc(C(F)(F)F)cc2C(=O)N=c2sc(C(C)(C)C)cn2C[C@H]2CCCO2)C1. The van der Waals surface area contributed by atoms with Gasteiger partial charge in [-0.05, 0) is 57.2 Å². The van der Waals surface area contributed by atoms with Crippen molar-refractivity contribution in [3.63, 3.8) is 0 Å². The van der Waals surface area contributed by atoms with Crippen molar-refractivity contribution >= 4 is 23.3 Å². The van der Waals surface area contributed by atoms with Gasteiger partial charge in [0, 0.05) is 30.6 Å². The highest BCUT2D eigenvalue weighted by atomic mass is 32.1. The Bertz CT molecular complexity index is 1330. The van der Waals surface area contributed by atoms with Crippen LogP contribution < -0.4 is 9.54 Å². The molecule has 1 aromatic carbocycles. The third kappa shape index (κ3) is 8.12. The number of hydrogen-bond acceptors (Lipinski definition) is 6. The van der Waals surface area contributed by atoms with Crippen LogP contribution in [0.5, 0.6) is 5.75 Å². The Morgan fingerprint density at radius 1 is 1.12 bits per heavy atom. The van der Waals surface area contributed by atoms with Crippen LogP contribution in [0.3, 0.4) is 0 Å². The van der Waals surface area contributed by atoms with E-state index in [4.69, 9.17) is 14.2 Å². The number of nitrogens with zero attached hydrogens (tertiary/aromatic N) is 3. The number of hydrogen-bond donors (Lipinski definition) is 0. The van der Waals surface area contributed by atoms with Crippen LogP contribution >= 0.6 is 11.3 Å². The zero-order chi connectivity index (χ0) is 30.2. The molecule has 2 fully saturated rings. The molecule has 0 unspecified atom stereocenters. The van der Waals surface area contributed by atoms with Gasteiger partial charge in [-0.1, -0.05) is 20.8 Å². The van der Waals surface area contributed by atoms with E-state index < -0.39 is 35.4 Å². The fraction of sp³-hybridized carbons (Fsp3) is 0.621. The van der Waals surface area contributed by atoms with Gasteiger partial charge in [-0.2, -0.15) is 18.2 Å². The Hall–Kier alpha value is -2.86. The molecule has 2 atom stereocenters. The molecule has 226 valence electrons. The van der Waals surface area contributed by atoms with Gasteiger partial charge in [0.15, 0.2) is 4.80 Å². The summed E-state index contributed by atoms with van der Waals surface area (Å²) in [5.41, 5.74) is -2.14. The molecule has 2 saturated heterocycles. The van der Waals surface area contributed by atoms with E-state index in [2.05, 4.69) is 4.99 Å². The first-order chi connectivity index (χ1) is 19.0. The van der Waals surface area contributed by atoms with Crippen molar-refractivity contribution < 1.29 is 37.0 Å². The van der Waals surface area contributed by atoms with E-state index in [-0.39, 0.29) is 29.4 Å². The normalized spacial score (nSPS) is 20.5. The lowest BCUT2D eigenvalue weighted by molar-refractivity contribution is -0.137. The molecule has 0 saturated carbocycles. The third-order valence-corrected chi connectivity index (χ3v) is 8.15. The second kappa shape index (κ2) is 11.8. The number of ether oxygens (including phenoxy) is 3. The number of alkyl halides is 3. The summed E-state index contributed by atoms with van der Waals surface area (Å²) in [4.78, 5) is 33.1. The first-order valence-electron chi connectivity index (χ1n) is 13.8. The molecule has 0 bridgehead atoms. The molecular weight excluding hydrogens is 559 g/mol. The first kappa shape index (κ1) is 31.1. The summed E-state index contributed by atoms with van der Waals surface area (Å²) in [6.07, 6.45) is -1.49. The Balaban J connectivity index is 1.65. The van der Waals surface area contributed by atoms with Crippen molar-refractivity contribution in [3.05, 3.63) is 45.2 Å². The molecule has 41 heavy (non-hydrogen) atoms. The molecule has 0 spiro atoms. The maximum Gasteiger partial charge on any atom is 0.416 e. The molecule has 12 heteroatoms. The van der Waals surface area contributed by atoms with E-state index in [9.17, 15) is 22.8 Å². The molecular formula is C29H38F3N3O5S. The highest BCUT2D eigenvalue weighted by Gasteiger charge is 2.34. The van der Waals surface area contributed by atoms with Crippen LogP contribution in [0.15, 0.2) is 29.4 Å². The van der Waals surface area contributed by atoms with Gasteiger partial charge in [0.25, 0.3) is 5.91 Å². The Kier molecular flexibility index (Phi) is 8.94. The predicted octanol–water partition coefficient (Wildman–Crippen LogP) is 6.17. The molecule has 2 aliphatic heterocycles. The minimum Gasteiger partial charge on any atom is -0.488 e. The van der Waals surface area contributed by atoms with Gasteiger partial charge in [-0.15, -0.1) is 11.3 Å². The Morgan fingerprint density at radius 3 is 2.46 bits per heavy atom. The average molecular weight is 598 g/mol. The third-order valence-electron chi connectivity index (χ3n) is 6.71. The first-order valence-corrected chi connectivity index (χ1v) is 14.6. The van der Waals surface area contributed by atoms with Gasteiger partial charge in [0.2, 0.25) is 0 Å². The molecule has 8 nitrogen and oxygen atoms in total. The molecule has 3 heterocycles. The van der Waals surface area contributed by atoms with Crippen LogP contribution in [0.2, 0.25) is 0 Å². The summed E-state index contributed by atoms with van der Waals surface area (Å²) < 4.78 is 60.0. The van der Waals surface area contributed by atoms with Crippen LogP contribution in [0, 0.1) is 0 Å². The van der Waals surface area contributed by atoms with Crippen LogP contribution in [-0.2, 0) is 27.6 Å². The molecule has 0 radical (unpaired) electrons. The van der Waals surface area contributed by atoms with Crippen LogP contribution in [0.25, 0.3) is 0 Å². The molecule has 4 rings (SSSR count). The number of carbonyl (C=O) groups is 2. The van der Waals surface area contributed by atoms with E-state index in [1.807, 2.05) is 31.5 Å². The smallest absolute Gasteiger partial charge is 0.416 e. The van der Waals surface area contributed by atoms with E-state index in [1.165, 1.54) is 16.2 Å². The summed E-state index contributed by atoms with van der Waals surface area (Å²) in [6.45, 7) is 13.1. The van der Waals surface area contributed by atoms with Crippen LogP contribution in [0.1, 0.15) is 81.6 Å². The Labute approximate surface area is 242 Å². The van der Waals surface area contributed by atoms with Crippen molar-refractivity contribution in [2.24, 2.45) is 4.99 Å². The summed E-state index contributed by atoms with van der Waals surface area (Å²) in [6, 6.07) is 2.81. The zero-order valence-corrected chi connectivity index (χ0v) is 25.2. The largest absolute Gasteiger partial charge is 0.488 e. The molecule has 0 aliphatic carbocycles. The Morgan fingerprint density at radius 2 is 1.85 bits per heavy atom. The number of halogens is 3. The van der Waals surface area contributed by atoms with Crippen molar-refractivity contribution in [2.75, 3.05) is 19.7 Å². The van der Waals surface area contributed by atoms with Gasteiger partial charge in [-0.25, -0.2) is 4.79 Å². The maximum atomic E-state index is 13.6. The number of rotatable bonds is 5. The van der Waals surface area contributed by atoms with E-state index >= 15 is 0 Å². The number of benzene rings is 1. The fourth-order valence-electron chi connectivity index (χ4n) is 4.57. The van der Waals surface area contributed by atoms with Gasteiger partial charge in [0.1, 0.15) is 17.5 Å².